The van der Waals surface area contributed by atoms with Crippen LogP contribution in [-0.2, 0) is 11.2 Å². The summed E-state index contributed by atoms with van der Waals surface area (Å²) in [6.07, 6.45) is 2.00. The predicted molar refractivity (Wildman–Crippen MR) is 98.7 cm³/mol. The van der Waals surface area contributed by atoms with Gasteiger partial charge in [0.1, 0.15) is 5.82 Å². The van der Waals surface area contributed by atoms with E-state index in [4.69, 9.17) is 5.73 Å². The van der Waals surface area contributed by atoms with Crippen LogP contribution in [0.3, 0.4) is 0 Å². The molecule has 0 bridgehead atoms. The highest BCUT2D eigenvalue weighted by Gasteiger charge is 2.19. The molecule has 138 valence electrons. The summed E-state index contributed by atoms with van der Waals surface area (Å²) < 4.78 is 14.6. The minimum Gasteiger partial charge on any atom is -0.369 e. The molecule has 6 nitrogen and oxygen atoms in total. The highest BCUT2D eigenvalue weighted by atomic mass is 19.1. The zero-order chi connectivity index (χ0) is 19.2. The van der Waals surface area contributed by atoms with E-state index in [-0.39, 0.29) is 18.1 Å². The molecule has 0 saturated heterocycles. The molecular formula is C20H19FN4O2. The number of aromatic nitrogens is 2. The summed E-state index contributed by atoms with van der Waals surface area (Å²) in [5.41, 5.74) is 7.28. The Balaban J connectivity index is 1.62. The first kappa shape index (κ1) is 18.3. The van der Waals surface area contributed by atoms with Gasteiger partial charge in [-0.05, 0) is 42.3 Å². The van der Waals surface area contributed by atoms with Gasteiger partial charge in [0.25, 0.3) is 5.91 Å². The molecule has 2 aromatic carbocycles. The van der Waals surface area contributed by atoms with Gasteiger partial charge >= 0.3 is 0 Å². The predicted octanol–water partition coefficient (Wildman–Crippen LogP) is 2.09. The topological polar surface area (TPSA) is 90.0 Å². The van der Waals surface area contributed by atoms with Crippen molar-refractivity contribution in [2.75, 3.05) is 6.54 Å². The number of nitrogens with two attached hydrogens (primary N) is 1. The van der Waals surface area contributed by atoms with E-state index in [2.05, 4.69) is 10.4 Å². The van der Waals surface area contributed by atoms with Crippen LogP contribution in [-0.4, -0.2) is 28.1 Å². The van der Waals surface area contributed by atoms with Gasteiger partial charge in [-0.25, -0.2) is 9.07 Å². The van der Waals surface area contributed by atoms with Crippen LogP contribution in [0.25, 0.3) is 5.69 Å². The Hall–Kier alpha value is -3.48. The van der Waals surface area contributed by atoms with Crippen molar-refractivity contribution < 1.29 is 14.0 Å². The smallest absolute Gasteiger partial charge is 0.271 e. The van der Waals surface area contributed by atoms with Crippen LogP contribution in [0.5, 0.6) is 0 Å². The molecular weight excluding hydrogens is 347 g/mol. The minimum atomic E-state index is -0.601. The number of hydrogen-bond acceptors (Lipinski definition) is 3. The molecule has 0 aliphatic heterocycles. The summed E-state index contributed by atoms with van der Waals surface area (Å²) in [4.78, 5) is 24.0. The largest absolute Gasteiger partial charge is 0.369 e. The molecule has 0 aliphatic carbocycles. The summed E-state index contributed by atoms with van der Waals surface area (Å²) in [7, 11) is 0. The molecule has 1 aromatic heterocycles. The van der Waals surface area contributed by atoms with Gasteiger partial charge in [0.05, 0.1) is 11.6 Å². The molecule has 1 heterocycles. The molecule has 2 amide bonds. The number of nitrogens with zero attached hydrogens (tertiary/aromatic N) is 2. The summed E-state index contributed by atoms with van der Waals surface area (Å²) in [5.74, 6) is -1.88. The Bertz CT molecular complexity index is 923. The number of rotatable bonds is 7. The second-order valence-corrected chi connectivity index (χ2v) is 6.12. The standard InChI is InChI=1S/C20H19FN4O2/c21-16-8-6-14(7-9-16)12-15(19(22)26)13-23-20(27)18-10-11-25(24-18)17-4-2-1-3-5-17/h1-11,15H,12-13H2,(H2,22,26)(H,23,27). The van der Waals surface area contributed by atoms with Crippen molar-refractivity contribution in [1.82, 2.24) is 15.1 Å². The highest BCUT2D eigenvalue weighted by molar-refractivity contribution is 5.92. The molecule has 1 atom stereocenters. The van der Waals surface area contributed by atoms with Crippen molar-refractivity contribution in [3.63, 3.8) is 0 Å². The van der Waals surface area contributed by atoms with Gasteiger partial charge in [0.2, 0.25) is 5.91 Å². The third kappa shape index (κ3) is 4.78. The number of carbonyl (C=O) groups excluding carboxylic acids is 2. The van der Waals surface area contributed by atoms with E-state index in [1.165, 1.54) is 12.1 Å². The average Bonchev–Trinajstić information content (AvgIpc) is 3.17. The molecule has 3 aromatic rings. The monoisotopic (exact) mass is 366 g/mol. The zero-order valence-electron chi connectivity index (χ0n) is 14.5. The Labute approximate surface area is 155 Å². The summed E-state index contributed by atoms with van der Waals surface area (Å²) in [6.45, 7) is 0.0732. The molecule has 1 unspecified atom stereocenters. The maximum Gasteiger partial charge on any atom is 0.271 e. The van der Waals surface area contributed by atoms with E-state index in [0.717, 1.165) is 11.3 Å². The molecule has 0 spiro atoms. The van der Waals surface area contributed by atoms with Crippen LogP contribution in [0, 0.1) is 11.7 Å². The molecule has 27 heavy (non-hydrogen) atoms. The Morgan fingerprint density at radius 3 is 2.44 bits per heavy atom. The normalized spacial score (nSPS) is 11.7. The molecule has 3 N–H and O–H groups in total. The second kappa shape index (κ2) is 8.27. The molecule has 7 heteroatoms. The highest BCUT2D eigenvalue weighted by Crippen LogP contribution is 2.10. The molecule has 0 fully saturated rings. The van der Waals surface area contributed by atoms with Crippen molar-refractivity contribution in [2.45, 2.75) is 6.42 Å². The number of hydrogen-bond donors (Lipinski definition) is 2. The first-order valence-corrected chi connectivity index (χ1v) is 8.46. The fourth-order valence-electron chi connectivity index (χ4n) is 2.65. The third-order valence-corrected chi connectivity index (χ3v) is 4.15. The van der Waals surface area contributed by atoms with E-state index >= 15 is 0 Å². The first-order chi connectivity index (χ1) is 13.0. The number of amides is 2. The van der Waals surface area contributed by atoms with Gasteiger partial charge in [0.15, 0.2) is 5.69 Å². The van der Waals surface area contributed by atoms with E-state index in [0.29, 0.717) is 6.42 Å². The van der Waals surface area contributed by atoms with Crippen LogP contribution in [0.15, 0.2) is 66.9 Å². The van der Waals surface area contributed by atoms with Gasteiger partial charge in [0, 0.05) is 12.7 Å². The Kier molecular flexibility index (Phi) is 5.61. The lowest BCUT2D eigenvalue weighted by molar-refractivity contribution is -0.121. The Morgan fingerprint density at radius 1 is 1.07 bits per heavy atom. The van der Waals surface area contributed by atoms with Crippen molar-refractivity contribution in [3.8, 4) is 5.69 Å². The fraction of sp³-hybridized carbons (Fsp3) is 0.150. The second-order valence-electron chi connectivity index (χ2n) is 6.12. The van der Waals surface area contributed by atoms with Crippen molar-refractivity contribution in [2.24, 2.45) is 11.7 Å². The van der Waals surface area contributed by atoms with Gasteiger partial charge in [-0.3, -0.25) is 9.59 Å². The minimum absolute atomic E-state index is 0.0732. The van der Waals surface area contributed by atoms with E-state index in [1.807, 2.05) is 30.3 Å². The van der Waals surface area contributed by atoms with Crippen molar-refractivity contribution >= 4 is 11.8 Å². The number of primary amides is 1. The van der Waals surface area contributed by atoms with Crippen LogP contribution in [0.4, 0.5) is 4.39 Å². The number of halogens is 1. The van der Waals surface area contributed by atoms with Gasteiger partial charge < -0.3 is 11.1 Å². The van der Waals surface area contributed by atoms with Crippen LogP contribution < -0.4 is 11.1 Å². The van der Waals surface area contributed by atoms with Crippen molar-refractivity contribution in [1.29, 1.82) is 0 Å². The zero-order valence-corrected chi connectivity index (χ0v) is 14.5. The van der Waals surface area contributed by atoms with Crippen LogP contribution in [0.1, 0.15) is 16.1 Å². The number of nitrogens with one attached hydrogen (secondary N) is 1. The molecule has 0 radical (unpaired) electrons. The van der Waals surface area contributed by atoms with E-state index in [9.17, 15) is 14.0 Å². The summed E-state index contributed by atoms with van der Waals surface area (Å²) >= 11 is 0. The SMILES string of the molecule is NC(=O)C(CNC(=O)c1ccn(-c2ccccc2)n1)Cc1ccc(F)cc1. The van der Waals surface area contributed by atoms with Crippen LogP contribution >= 0.6 is 0 Å². The number of para-hydroxylation sites is 1. The van der Waals surface area contributed by atoms with Gasteiger partial charge in [-0.1, -0.05) is 30.3 Å². The molecule has 0 aliphatic rings. The van der Waals surface area contributed by atoms with Crippen molar-refractivity contribution in [3.05, 3.63) is 83.9 Å². The Morgan fingerprint density at radius 2 is 1.78 bits per heavy atom. The molecule has 3 rings (SSSR count). The average molecular weight is 366 g/mol. The first-order valence-electron chi connectivity index (χ1n) is 8.46. The maximum absolute atomic E-state index is 13.0. The fourth-order valence-corrected chi connectivity index (χ4v) is 2.65. The quantitative estimate of drug-likeness (QED) is 0.671. The number of benzene rings is 2. The lowest BCUT2D eigenvalue weighted by atomic mass is 9.98. The lowest BCUT2D eigenvalue weighted by Crippen LogP contribution is -2.37. The van der Waals surface area contributed by atoms with E-state index in [1.54, 1.807) is 29.1 Å². The third-order valence-electron chi connectivity index (χ3n) is 4.15. The lowest BCUT2D eigenvalue weighted by Gasteiger charge is -2.14. The summed E-state index contributed by atoms with van der Waals surface area (Å²) in [5, 5.41) is 6.93. The molecule has 0 saturated carbocycles. The van der Waals surface area contributed by atoms with Gasteiger partial charge in [-0.15, -0.1) is 0 Å². The van der Waals surface area contributed by atoms with E-state index < -0.39 is 17.7 Å². The van der Waals surface area contributed by atoms with Crippen LogP contribution in [0.2, 0.25) is 0 Å². The van der Waals surface area contributed by atoms with Gasteiger partial charge in [-0.2, -0.15) is 5.10 Å². The number of carbonyl (C=O) groups is 2. The maximum atomic E-state index is 13.0. The summed E-state index contributed by atoms with van der Waals surface area (Å²) in [6, 6.07) is 16.8.